The van der Waals surface area contributed by atoms with Gasteiger partial charge in [-0.15, -0.1) is 11.3 Å². The second kappa shape index (κ2) is 6.13. The SMILES string of the molecule is CCc1cnc(C(C)NS(=O)(=O)c2cc(N)ccc2C)s1. The van der Waals surface area contributed by atoms with E-state index >= 15 is 0 Å². The molecule has 1 atom stereocenters. The average molecular weight is 325 g/mol. The summed E-state index contributed by atoms with van der Waals surface area (Å²) in [4.78, 5) is 5.62. The maximum absolute atomic E-state index is 12.5. The highest BCUT2D eigenvalue weighted by molar-refractivity contribution is 7.89. The van der Waals surface area contributed by atoms with Crippen LogP contribution in [0.5, 0.6) is 0 Å². The second-order valence-electron chi connectivity index (χ2n) is 4.89. The number of hydrogen-bond acceptors (Lipinski definition) is 5. The summed E-state index contributed by atoms with van der Waals surface area (Å²) in [5.74, 6) is 0. The molecule has 1 heterocycles. The van der Waals surface area contributed by atoms with E-state index in [9.17, 15) is 8.42 Å². The zero-order chi connectivity index (χ0) is 15.6. The monoisotopic (exact) mass is 325 g/mol. The lowest BCUT2D eigenvalue weighted by molar-refractivity contribution is 0.566. The van der Waals surface area contributed by atoms with Crippen LogP contribution in [0.4, 0.5) is 5.69 Å². The van der Waals surface area contributed by atoms with E-state index in [2.05, 4.69) is 9.71 Å². The van der Waals surface area contributed by atoms with Gasteiger partial charge in [-0.3, -0.25) is 0 Å². The summed E-state index contributed by atoms with van der Waals surface area (Å²) in [7, 11) is -3.62. The summed E-state index contributed by atoms with van der Waals surface area (Å²) < 4.78 is 27.6. The maximum Gasteiger partial charge on any atom is 0.241 e. The average Bonchev–Trinajstić information content (AvgIpc) is 2.90. The van der Waals surface area contributed by atoms with Crippen LogP contribution in [0.3, 0.4) is 0 Å². The highest BCUT2D eigenvalue weighted by atomic mass is 32.2. The van der Waals surface area contributed by atoms with Gasteiger partial charge in [-0.2, -0.15) is 0 Å². The van der Waals surface area contributed by atoms with Crippen LogP contribution >= 0.6 is 11.3 Å². The van der Waals surface area contributed by atoms with E-state index in [-0.39, 0.29) is 10.9 Å². The first-order chi connectivity index (χ1) is 9.83. The summed E-state index contributed by atoms with van der Waals surface area (Å²) in [6.45, 7) is 5.58. The smallest absolute Gasteiger partial charge is 0.241 e. The number of hydrogen-bond donors (Lipinski definition) is 2. The third-order valence-corrected chi connectivity index (χ3v) is 6.13. The number of nitrogens with one attached hydrogen (secondary N) is 1. The fraction of sp³-hybridized carbons (Fsp3) is 0.357. The van der Waals surface area contributed by atoms with Crippen LogP contribution in [0.1, 0.15) is 35.3 Å². The molecule has 0 saturated heterocycles. The molecular weight excluding hydrogens is 306 g/mol. The van der Waals surface area contributed by atoms with E-state index in [1.54, 1.807) is 32.2 Å². The third-order valence-electron chi connectivity index (χ3n) is 3.12. The lowest BCUT2D eigenvalue weighted by Gasteiger charge is -2.14. The molecule has 5 nitrogen and oxygen atoms in total. The Morgan fingerprint density at radius 3 is 2.76 bits per heavy atom. The van der Waals surface area contributed by atoms with Gasteiger partial charge >= 0.3 is 0 Å². The summed E-state index contributed by atoms with van der Waals surface area (Å²) >= 11 is 1.52. The maximum atomic E-state index is 12.5. The zero-order valence-electron chi connectivity index (χ0n) is 12.3. The second-order valence-corrected chi connectivity index (χ2v) is 7.72. The van der Waals surface area contributed by atoms with Gasteiger partial charge in [0.05, 0.1) is 10.9 Å². The summed E-state index contributed by atoms with van der Waals surface area (Å²) in [6, 6.07) is 4.49. The van der Waals surface area contributed by atoms with Crippen LogP contribution in [0, 0.1) is 6.92 Å². The molecule has 0 aliphatic carbocycles. The largest absolute Gasteiger partial charge is 0.399 e. The molecule has 7 heteroatoms. The molecule has 0 radical (unpaired) electrons. The first kappa shape index (κ1) is 15.9. The molecule has 1 unspecified atom stereocenters. The molecule has 0 saturated carbocycles. The van der Waals surface area contributed by atoms with Crippen molar-refractivity contribution in [3.8, 4) is 0 Å². The summed E-state index contributed by atoms with van der Waals surface area (Å²) in [5.41, 5.74) is 6.78. The van der Waals surface area contributed by atoms with Crippen molar-refractivity contribution in [1.29, 1.82) is 0 Å². The van der Waals surface area contributed by atoms with Gasteiger partial charge < -0.3 is 5.73 Å². The van der Waals surface area contributed by atoms with Crippen molar-refractivity contribution in [2.75, 3.05) is 5.73 Å². The van der Waals surface area contributed by atoms with Crippen LogP contribution in [-0.2, 0) is 16.4 Å². The highest BCUT2D eigenvalue weighted by Gasteiger charge is 2.22. The van der Waals surface area contributed by atoms with E-state index in [1.807, 2.05) is 6.92 Å². The predicted octanol–water partition coefficient (Wildman–Crippen LogP) is 2.64. The molecule has 0 bridgehead atoms. The molecule has 3 N–H and O–H groups in total. The third kappa shape index (κ3) is 3.61. The minimum absolute atomic E-state index is 0.210. The Hall–Kier alpha value is -1.44. The van der Waals surface area contributed by atoms with Gasteiger partial charge in [0.2, 0.25) is 10.0 Å². The molecule has 21 heavy (non-hydrogen) atoms. The van der Waals surface area contributed by atoms with Crippen molar-refractivity contribution in [1.82, 2.24) is 9.71 Å². The van der Waals surface area contributed by atoms with E-state index in [0.717, 1.165) is 16.3 Å². The fourth-order valence-electron chi connectivity index (χ4n) is 1.94. The molecule has 114 valence electrons. The number of anilines is 1. The van der Waals surface area contributed by atoms with Gasteiger partial charge in [-0.25, -0.2) is 18.1 Å². The minimum atomic E-state index is -3.62. The number of aryl methyl sites for hydroxylation is 2. The Morgan fingerprint density at radius 2 is 2.14 bits per heavy atom. The molecule has 0 aliphatic heterocycles. The van der Waals surface area contributed by atoms with Gasteiger partial charge in [-0.05, 0) is 38.0 Å². The van der Waals surface area contributed by atoms with Crippen molar-refractivity contribution in [2.45, 2.75) is 38.1 Å². The Kier molecular flexibility index (Phi) is 4.65. The van der Waals surface area contributed by atoms with Crippen molar-refractivity contribution < 1.29 is 8.42 Å². The summed E-state index contributed by atoms with van der Waals surface area (Å²) in [5, 5.41) is 0.761. The van der Waals surface area contributed by atoms with E-state index in [0.29, 0.717) is 11.3 Å². The highest BCUT2D eigenvalue weighted by Crippen LogP contribution is 2.24. The van der Waals surface area contributed by atoms with E-state index < -0.39 is 10.0 Å². The number of nitrogens with two attached hydrogens (primary N) is 1. The van der Waals surface area contributed by atoms with E-state index in [4.69, 9.17) is 5.73 Å². The Morgan fingerprint density at radius 1 is 1.43 bits per heavy atom. The van der Waals surface area contributed by atoms with Gasteiger partial charge in [-0.1, -0.05) is 13.0 Å². The fourth-order valence-corrected chi connectivity index (χ4v) is 4.36. The first-order valence-corrected chi connectivity index (χ1v) is 8.96. The van der Waals surface area contributed by atoms with Crippen LogP contribution in [-0.4, -0.2) is 13.4 Å². The predicted molar refractivity (Wildman–Crippen MR) is 85.8 cm³/mol. The van der Waals surface area contributed by atoms with Gasteiger partial charge in [0.25, 0.3) is 0 Å². The van der Waals surface area contributed by atoms with E-state index in [1.165, 1.54) is 17.4 Å². The number of sulfonamides is 1. The quantitative estimate of drug-likeness (QED) is 0.828. The van der Waals surface area contributed by atoms with Crippen LogP contribution in [0.25, 0.3) is 0 Å². The van der Waals surface area contributed by atoms with Crippen molar-refractivity contribution in [2.24, 2.45) is 0 Å². The zero-order valence-corrected chi connectivity index (χ0v) is 13.9. The summed E-state index contributed by atoms with van der Waals surface area (Å²) in [6.07, 6.45) is 2.68. The van der Waals surface area contributed by atoms with Gasteiger partial charge in [0.1, 0.15) is 5.01 Å². The minimum Gasteiger partial charge on any atom is -0.399 e. The lowest BCUT2D eigenvalue weighted by atomic mass is 10.2. The number of nitrogens with zero attached hydrogens (tertiary/aromatic N) is 1. The lowest BCUT2D eigenvalue weighted by Crippen LogP contribution is -2.27. The molecule has 0 amide bonds. The normalized spacial score (nSPS) is 13.3. The van der Waals surface area contributed by atoms with Crippen molar-refractivity contribution >= 4 is 27.0 Å². The number of benzene rings is 1. The molecule has 1 aromatic carbocycles. The van der Waals surface area contributed by atoms with Crippen molar-refractivity contribution in [3.63, 3.8) is 0 Å². The number of aromatic nitrogens is 1. The van der Waals surface area contributed by atoms with Crippen molar-refractivity contribution in [3.05, 3.63) is 39.8 Å². The van der Waals surface area contributed by atoms with Crippen LogP contribution in [0.2, 0.25) is 0 Å². The molecule has 1 aromatic heterocycles. The molecule has 0 fully saturated rings. The van der Waals surface area contributed by atoms with Gasteiger partial charge in [0, 0.05) is 16.8 Å². The Balaban J connectivity index is 2.26. The number of rotatable bonds is 5. The molecule has 0 aliphatic rings. The molecule has 2 aromatic rings. The molecular formula is C14H19N3O2S2. The number of nitrogen functional groups attached to an aromatic ring is 1. The van der Waals surface area contributed by atoms with Gasteiger partial charge in [0.15, 0.2) is 0 Å². The Labute approximate surface area is 129 Å². The van der Waals surface area contributed by atoms with Crippen LogP contribution in [0.15, 0.2) is 29.3 Å². The molecule has 0 spiro atoms. The Bertz CT molecular complexity index is 738. The standard InChI is InChI=1S/C14H19N3O2S2/c1-4-12-8-16-14(20-12)10(3)17-21(18,19)13-7-11(15)6-5-9(13)2/h5-8,10,17H,4,15H2,1-3H3. The number of thiazole rings is 1. The molecule has 2 rings (SSSR count). The van der Waals surface area contributed by atoms with Crippen LogP contribution < -0.4 is 10.5 Å². The topological polar surface area (TPSA) is 85.1 Å². The first-order valence-electron chi connectivity index (χ1n) is 6.66.